The average molecular weight is 338 g/mol. The van der Waals surface area contributed by atoms with E-state index in [1.807, 2.05) is 6.26 Å². The van der Waals surface area contributed by atoms with E-state index in [1.165, 1.54) is 7.05 Å². The number of benzene rings is 1. The molecule has 0 spiro atoms. The second-order valence-corrected chi connectivity index (χ2v) is 7.34. The molecule has 0 amide bonds. The number of nitrogens with one attached hydrogen (secondary N) is 2. The molecule has 0 bridgehead atoms. The van der Waals surface area contributed by atoms with Crippen LogP contribution in [0.3, 0.4) is 0 Å². The van der Waals surface area contributed by atoms with Gasteiger partial charge in [0.05, 0.1) is 0 Å². The Hall–Kier alpha value is -0.700. The molecule has 0 radical (unpaired) electrons. The normalized spacial score (nSPS) is 13.4. The van der Waals surface area contributed by atoms with E-state index in [1.54, 1.807) is 18.7 Å². The average Bonchev–Trinajstić information content (AvgIpc) is 2.40. The van der Waals surface area contributed by atoms with Crippen molar-refractivity contribution in [1.82, 2.24) is 10.0 Å². The van der Waals surface area contributed by atoms with E-state index < -0.39 is 26.6 Å². The first kappa shape index (κ1) is 18.3. The van der Waals surface area contributed by atoms with Crippen molar-refractivity contribution in [3.8, 4) is 0 Å². The van der Waals surface area contributed by atoms with Crippen LogP contribution >= 0.6 is 11.8 Å². The standard InChI is InChI=1S/C13H20F2N2O2S2/c1-9(6-7-20-3)17-21(18,19)12-5-4-11(14)10(8-16-2)13(12)15/h4-5,9,16-17H,6-8H2,1-3H3. The minimum atomic E-state index is -4.01. The first-order valence-electron chi connectivity index (χ1n) is 6.46. The lowest BCUT2D eigenvalue weighted by Gasteiger charge is -2.15. The highest BCUT2D eigenvalue weighted by molar-refractivity contribution is 7.98. The van der Waals surface area contributed by atoms with Crippen LogP contribution in [-0.2, 0) is 16.6 Å². The number of hydrogen-bond acceptors (Lipinski definition) is 4. The van der Waals surface area contributed by atoms with Crippen LogP contribution in [0, 0.1) is 11.6 Å². The molecule has 1 atom stereocenters. The fourth-order valence-electron chi connectivity index (χ4n) is 1.80. The van der Waals surface area contributed by atoms with Gasteiger partial charge < -0.3 is 5.32 Å². The number of hydrogen-bond donors (Lipinski definition) is 2. The SMILES string of the molecule is CNCc1c(F)ccc(S(=O)(=O)NC(C)CCSC)c1F. The molecule has 0 aliphatic heterocycles. The van der Waals surface area contributed by atoms with E-state index >= 15 is 0 Å². The molecule has 0 saturated carbocycles. The van der Waals surface area contributed by atoms with E-state index in [-0.39, 0.29) is 18.2 Å². The zero-order valence-corrected chi connectivity index (χ0v) is 13.9. The summed E-state index contributed by atoms with van der Waals surface area (Å²) in [6.45, 7) is 1.63. The third-order valence-corrected chi connectivity index (χ3v) is 5.16. The summed E-state index contributed by atoms with van der Waals surface area (Å²) in [7, 11) is -2.48. The Kier molecular flexibility index (Phi) is 7.05. The Morgan fingerprint density at radius 3 is 2.57 bits per heavy atom. The quantitative estimate of drug-likeness (QED) is 0.762. The maximum Gasteiger partial charge on any atom is 0.243 e. The van der Waals surface area contributed by atoms with Gasteiger partial charge >= 0.3 is 0 Å². The molecular formula is C13H20F2N2O2S2. The molecule has 8 heteroatoms. The van der Waals surface area contributed by atoms with Crippen molar-refractivity contribution in [3.63, 3.8) is 0 Å². The highest BCUT2D eigenvalue weighted by atomic mass is 32.2. The summed E-state index contributed by atoms with van der Waals surface area (Å²) in [5.74, 6) is -1.02. The third-order valence-electron chi connectivity index (χ3n) is 2.90. The van der Waals surface area contributed by atoms with Crippen molar-refractivity contribution in [2.75, 3.05) is 19.1 Å². The number of sulfonamides is 1. The summed E-state index contributed by atoms with van der Waals surface area (Å²) >= 11 is 1.60. The van der Waals surface area contributed by atoms with Crippen LogP contribution in [0.1, 0.15) is 18.9 Å². The van der Waals surface area contributed by atoms with Gasteiger partial charge in [0.2, 0.25) is 10.0 Å². The largest absolute Gasteiger partial charge is 0.315 e. The zero-order valence-electron chi connectivity index (χ0n) is 12.2. The van der Waals surface area contributed by atoms with Crippen molar-refractivity contribution in [2.45, 2.75) is 30.8 Å². The maximum atomic E-state index is 14.2. The minimum Gasteiger partial charge on any atom is -0.315 e. The molecular weight excluding hydrogens is 318 g/mol. The van der Waals surface area contributed by atoms with Crippen LogP contribution in [-0.4, -0.2) is 33.5 Å². The van der Waals surface area contributed by atoms with Gasteiger partial charge in [-0.25, -0.2) is 21.9 Å². The minimum absolute atomic E-state index is 0.0803. The van der Waals surface area contributed by atoms with Crippen LogP contribution in [0.2, 0.25) is 0 Å². The zero-order chi connectivity index (χ0) is 16.0. The molecule has 0 aliphatic carbocycles. The van der Waals surface area contributed by atoms with E-state index in [2.05, 4.69) is 10.0 Å². The lowest BCUT2D eigenvalue weighted by Crippen LogP contribution is -2.33. The number of thioether (sulfide) groups is 1. The van der Waals surface area contributed by atoms with Crippen molar-refractivity contribution in [2.24, 2.45) is 0 Å². The van der Waals surface area contributed by atoms with Gasteiger partial charge in [-0.1, -0.05) is 0 Å². The lowest BCUT2D eigenvalue weighted by atomic mass is 10.2. The van der Waals surface area contributed by atoms with Gasteiger partial charge in [0.15, 0.2) is 5.82 Å². The van der Waals surface area contributed by atoms with Gasteiger partial charge in [0.1, 0.15) is 10.7 Å². The summed E-state index contributed by atoms with van der Waals surface area (Å²) in [4.78, 5) is -0.523. The van der Waals surface area contributed by atoms with E-state index in [9.17, 15) is 17.2 Å². The molecule has 0 heterocycles. The summed E-state index contributed by atoms with van der Waals surface area (Å²) in [6.07, 6.45) is 2.55. The van der Waals surface area contributed by atoms with E-state index in [0.29, 0.717) is 6.42 Å². The third kappa shape index (κ3) is 4.91. The fraction of sp³-hybridized carbons (Fsp3) is 0.538. The first-order valence-corrected chi connectivity index (χ1v) is 9.34. The molecule has 0 aliphatic rings. The molecule has 1 aromatic rings. The van der Waals surface area contributed by atoms with Crippen molar-refractivity contribution >= 4 is 21.8 Å². The molecule has 1 unspecified atom stereocenters. The monoisotopic (exact) mass is 338 g/mol. The summed E-state index contributed by atoms with van der Waals surface area (Å²) < 4.78 is 54.6. The Morgan fingerprint density at radius 1 is 1.33 bits per heavy atom. The van der Waals surface area contributed by atoms with Crippen molar-refractivity contribution in [1.29, 1.82) is 0 Å². The van der Waals surface area contributed by atoms with Gasteiger partial charge in [0, 0.05) is 18.2 Å². The number of rotatable bonds is 8. The fourth-order valence-corrected chi connectivity index (χ4v) is 3.77. The topological polar surface area (TPSA) is 58.2 Å². The second kappa shape index (κ2) is 8.07. The Bertz CT molecular complexity index is 580. The van der Waals surface area contributed by atoms with Crippen LogP contribution in [0.15, 0.2) is 17.0 Å². The van der Waals surface area contributed by atoms with Gasteiger partial charge in [0.25, 0.3) is 0 Å². The molecule has 0 aromatic heterocycles. The van der Waals surface area contributed by atoms with Crippen LogP contribution in [0.25, 0.3) is 0 Å². The predicted octanol–water partition coefficient (Wildman–Crippen LogP) is 2.10. The smallest absolute Gasteiger partial charge is 0.243 e. The molecule has 0 fully saturated rings. The summed E-state index contributed by atoms with van der Waals surface area (Å²) in [5.41, 5.74) is -0.280. The maximum absolute atomic E-state index is 14.2. The molecule has 0 saturated heterocycles. The van der Waals surface area contributed by atoms with Gasteiger partial charge in [-0.05, 0) is 44.5 Å². The van der Waals surface area contributed by atoms with Crippen molar-refractivity contribution in [3.05, 3.63) is 29.3 Å². The molecule has 4 nitrogen and oxygen atoms in total. The lowest BCUT2D eigenvalue weighted by molar-refractivity contribution is 0.513. The molecule has 1 rings (SSSR count). The number of halogens is 2. The Labute approximate surface area is 128 Å². The van der Waals surface area contributed by atoms with Crippen LogP contribution in [0.5, 0.6) is 0 Å². The van der Waals surface area contributed by atoms with Gasteiger partial charge in [-0.3, -0.25) is 0 Å². The van der Waals surface area contributed by atoms with E-state index in [4.69, 9.17) is 0 Å². The predicted molar refractivity (Wildman–Crippen MR) is 81.9 cm³/mol. The highest BCUT2D eigenvalue weighted by Crippen LogP contribution is 2.21. The molecule has 21 heavy (non-hydrogen) atoms. The van der Waals surface area contributed by atoms with E-state index in [0.717, 1.165) is 17.9 Å². The Morgan fingerprint density at radius 2 is 2.00 bits per heavy atom. The first-order chi connectivity index (χ1) is 9.83. The molecule has 2 N–H and O–H groups in total. The second-order valence-electron chi connectivity index (χ2n) is 4.67. The molecule has 1 aromatic carbocycles. The van der Waals surface area contributed by atoms with Crippen molar-refractivity contribution < 1.29 is 17.2 Å². The van der Waals surface area contributed by atoms with Crippen LogP contribution < -0.4 is 10.0 Å². The molecule has 120 valence electrons. The van der Waals surface area contributed by atoms with Crippen LogP contribution in [0.4, 0.5) is 8.78 Å². The summed E-state index contributed by atoms with van der Waals surface area (Å²) in [6, 6.07) is 1.60. The summed E-state index contributed by atoms with van der Waals surface area (Å²) in [5, 5.41) is 2.62. The highest BCUT2D eigenvalue weighted by Gasteiger charge is 2.24. The Balaban J connectivity index is 3.06. The van der Waals surface area contributed by atoms with Gasteiger partial charge in [-0.2, -0.15) is 11.8 Å². The van der Waals surface area contributed by atoms with Gasteiger partial charge in [-0.15, -0.1) is 0 Å².